The van der Waals surface area contributed by atoms with Crippen molar-refractivity contribution >= 4 is 17.6 Å². The molecule has 1 aliphatic heterocycles. The molecule has 2 rings (SSSR count). The van der Waals surface area contributed by atoms with E-state index < -0.39 is 5.97 Å². The standard InChI is InChI=1S/C15H20ClNO2/c1-15(2)6-3-7-17(10-15)9-12-5-4-11(14(18)19)8-13(12)16/h4-5,8H,3,6-7,9-10H2,1-2H3,(H,18,19). The first-order valence-electron chi connectivity index (χ1n) is 6.61. The van der Waals surface area contributed by atoms with Gasteiger partial charge >= 0.3 is 5.97 Å². The number of halogens is 1. The zero-order valence-corrected chi connectivity index (χ0v) is 12.2. The molecule has 1 heterocycles. The summed E-state index contributed by atoms with van der Waals surface area (Å²) < 4.78 is 0. The number of hydrogen-bond donors (Lipinski definition) is 1. The second-order valence-corrected chi connectivity index (χ2v) is 6.50. The molecule has 104 valence electrons. The molecule has 1 aromatic carbocycles. The van der Waals surface area contributed by atoms with Gasteiger partial charge in [-0.1, -0.05) is 31.5 Å². The number of carboxylic acids is 1. The largest absolute Gasteiger partial charge is 0.478 e. The van der Waals surface area contributed by atoms with Gasteiger partial charge in [0.1, 0.15) is 0 Å². The van der Waals surface area contributed by atoms with E-state index in [0.29, 0.717) is 10.4 Å². The number of carboxylic acid groups (broad SMARTS) is 1. The van der Waals surface area contributed by atoms with Gasteiger partial charge in [0, 0.05) is 18.1 Å². The lowest BCUT2D eigenvalue weighted by molar-refractivity contribution is 0.0697. The minimum Gasteiger partial charge on any atom is -0.478 e. The van der Waals surface area contributed by atoms with Gasteiger partial charge in [0.15, 0.2) is 0 Å². The fraction of sp³-hybridized carbons (Fsp3) is 0.533. The Morgan fingerprint density at radius 3 is 2.79 bits per heavy atom. The van der Waals surface area contributed by atoms with Crippen molar-refractivity contribution in [1.82, 2.24) is 4.90 Å². The van der Waals surface area contributed by atoms with Gasteiger partial charge < -0.3 is 5.11 Å². The summed E-state index contributed by atoms with van der Waals surface area (Å²) >= 11 is 6.17. The lowest BCUT2D eigenvalue weighted by atomic mass is 9.84. The highest BCUT2D eigenvalue weighted by molar-refractivity contribution is 6.31. The fourth-order valence-electron chi connectivity index (χ4n) is 2.73. The summed E-state index contributed by atoms with van der Waals surface area (Å²) in [5.74, 6) is -0.937. The number of likely N-dealkylation sites (tertiary alicyclic amines) is 1. The molecule has 0 bridgehead atoms. The second kappa shape index (κ2) is 5.51. The van der Waals surface area contributed by atoms with E-state index in [1.807, 2.05) is 6.07 Å². The van der Waals surface area contributed by atoms with Crippen molar-refractivity contribution in [3.8, 4) is 0 Å². The molecule has 1 aliphatic rings. The van der Waals surface area contributed by atoms with Crippen LogP contribution in [0.25, 0.3) is 0 Å². The average molecular weight is 282 g/mol. The van der Waals surface area contributed by atoms with Gasteiger partial charge in [-0.05, 0) is 42.5 Å². The van der Waals surface area contributed by atoms with E-state index in [9.17, 15) is 4.79 Å². The zero-order valence-electron chi connectivity index (χ0n) is 11.4. The Morgan fingerprint density at radius 1 is 1.47 bits per heavy atom. The number of aromatic carboxylic acids is 1. The Hall–Kier alpha value is -1.06. The summed E-state index contributed by atoms with van der Waals surface area (Å²) in [4.78, 5) is 13.3. The Labute approximate surface area is 119 Å². The monoisotopic (exact) mass is 281 g/mol. The zero-order chi connectivity index (χ0) is 14.0. The quantitative estimate of drug-likeness (QED) is 0.919. The smallest absolute Gasteiger partial charge is 0.335 e. The molecule has 0 unspecified atom stereocenters. The van der Waals surface area contributed by atoms with E-state index in [2.05, 4.69) is 18.7 Å². The van der Waals surface area contributed by atoms with Gasteiger partial charge in [-0.3, -0.25) is 4.90 Å². The predicted molar refractivity (Wildman–Crippen MR) is 76.7 cm³/mol. The van der Waals surface area contributed by atoms with Crippen molar-refractivity contribution in [2.24, 2.45) is 5.41 Å². The van der Waals surface area contributed by atoms with Gasteiger partial charge in [-0.25, -0.2) is 4.79 Å². The van der Waals surface area contributed by atoms with Crippen molar-refractivity contribution in [2.75, 3.05) is 13.1 Å². The molecule has 0 saturated carbocycles. The predicted octanol–water partition coefficient (Wildman–Crippen LogP) is 3.66. The average Bonchev–Trinajstić information content (AvgIpc) is 2.30. The molecule has 1 aromatic rings. The lowest BCUT2D eigenvalue weighted by Gasteiger charge is -2.38. The molecular formula is C15H20ClNO2. The fourth-order valence-corrected chi connectivity index (χ4v) is 2.97. The van der Waals surface area contributed by atoms with Crippen molar-refractivity contribution in [3.05, 3.63) is 34.3 Å². The summed E-state index contributed by atoms with van der Waals surface area (Å²) in [5, 5.41) is 9.47. The number of benzene rings is 1. The highest BCUT2D eigenvalue weighted by Gasteiger charge is 2.26. The number of rotatable bonds is 3. The number of hydrogen-bond acceptors (Lipinski definition) is 2. The molecule has 4 heteroatoms. The minimum absolute atomic E-state index is 0.243. The molecule has 19 heavy (non-hydrogen) atoms. The molecule has 1 fully saturated rings. The first-order valence-corrected chi connectivity index (χ1v) is 6.99. The number of carbonyl (C=O) groups is 1. The molecule has 0 aromatic heterocycles. The Kier molecular flexibility index (Phi) is 4.16. The molecule has 1 saturated heterocycles. The van der Waals surface area contributed by atoms with Crippen LogP contribution in [0.3, 0.4) is 0 Å². The third-order valence-electron chi connectivity index (χ3n) is 3.67. The van der Waals surface area contributed by atoms with Crippen LogP contribution in [0.4, 0.5) is 0 Å². The minimum atomic E-state index is -0.937. The van der Waals surface area contributed by atoms with E-state index in [0.717, 1.165) is 25.2 Å². The topological polar surface area (TPSA) is 40.5 Å². The molecule has 0 atom stereocenters. The first-order chi connectivity index (χ1) is 8.87. The van der Waals surface area contributed by atoms with Crippen LogP contribution in [0.1, 0.15) is 42.6 Å². The Bertz CT molecular complexity index is 485. The van der Waals surface area contributed by atoms with E-state index in [-0.39, 0.29) is 5.56 Å². The summed E-state index contributed by atoms with van der Waals surface area (Å²) in [7, 11) is 0. The van der Waals surface area contributed by atoms with Crippen LogP contribution in [0.15, 0.2) is 18.2 Å². The molecule has 1 N–H and O–H groups in total. The van der Waals surface area contributed by atoms with Crippen LogP contribution < -0.4 is 0 Å². The lowest BCUT2D eigenvalue weighted by Crippen LogP contribution is -2.39. The maximum absolute atomic E-state index is 10.9. The SMILES string of the molecule is CC1(C)CCCN(Cc2ccc(C(=O)O)cc2Cl)C1. The van der Waals surface area contributed by atoms with E-state index in [4.69, 9.17) is 16.7 Å². The van der Waals surface area contributed by atoms with Crippen LogP contribution in [0.5, 0.6) is 0 Å². The van der Waals surface area contributed by atoms with Crippen LogP contribution in [0.2, 0.25) is 5.02 Å². The third kappa shape index (κ3) is 3.71. The maximum Gasteiger partial charge on any atom is 0.335 e. The van der Waals surface area contributed by atoms with Crippen LogP contribution >= 0.6 is 11.6 Å². The van der Waals surface area contributed by atoms with Gasteiger partial charge in [-0.15, -0.1) is 0 Å². The molecule has 3 nitrogen and oxygen atoms in total. The summed E-state index contributed by atoms with van der Waals surface area (Å²) in [5.41, 5.74) is 1.60. The van der Waals surface area contributed by atoms with Crippen molar-refractivity contribution < 1.29 is 9.90 Å². The van der Waals surface area contributed by atoms with Crippen LogP contribution in [0, 0.1) is 5.41 Å². The number of piperidine rings is 1. The summed E-state index contributed by atoms with van der Waals surface area (Å²) in [6.45, 7) is 7.51. The molecule has 0 spiro atoms. The molecular weight excluding hydrogens is 262 g/mol. The highest BCUT2D eigenvalue weighted by atomic mass is 35.5. The Balaban J connectivity index is 2.09. The van der Waals surface area contributed by atoms with Crippen molar-refractivity contribution in [1.29, 1.82) is 0 Å². The molecule has 0 aliphatic carbocycles. The molecule has 0 radical (unpaired) electrons. The van der Waals surface area contributed by atoms with Gasteiger partial charge in [0.2, 0.25) is 0 Å². The van der Waals surface area contributed by atoms with E-state index in [1.54, 1.807) is 6.07 Å². The third-order valence-corrected chi connectivity index (χ3v) is 4.03. The maximum atomic E-state index is 10.9. The number of nitrogens with zero attached hydrogens (tertiary/aromatic N) is 1. The van der Waals surface area contributed by atoms with Crippen molar-refractivity contribution in [3.63, 3.8) is 0 Å². The molecule has 0 amide bonds. The highest BCUT2D eigenvalue weighted by Crippen LogP contribution is 2.30. The van der Waals surface area contributed by atoms with E-state index >= 15 is 0 Å². The van der Waals surface area contributed by atoms with Crippen LogP contribution in [-0.2, 0) is 6.54 Å². The summed E-state index contributed by atoms with van der Waals surface area (Å²) in [6.07, 6.45) is 2.47. The first kappa shape index (κ1) is 14.4. The summed E-state index contributed by atoms with van der Waals surface area (Å²) in [6, 6.07) is 4.99. The van der Waals surface area contributed by atoms with E-state index in [1.165, 1.54) is 18.9 Å². The van der Waals surface area contributed by atoms with Crippen molar-refractivity contribution in [2.45, 2.75) is 33.2 Å². The van der Waals surface area contributed by atoms with Gasteiger partial charge in [0.05, 0.1) is 5.56 Å². The van der Waals surface area contributed by atoms with Crippen LogP contribution in [-0.4, -0.2) is 29.1 Å². The van der Waals surface area contributed by atoms with Gasteiger partial charge in [-0.2, -0.15) is 0 Å². The second-order valence-electron chi connectivity index (χ2n) is 6.09. The normalized spacial score (nSPS) is 19.3. The Morgan fingerprint density at radius 2 is 2.21 bits per heavy atom. The van der Waals surface area contributed by atoms with Gasteiger partial charge in [0.25, 0.3) is 0 Å².